The molecule has 7 nitrogen and oxygen atoms in total. The molecule has 0 saturated carbocycles. The number of anilines is 3. The molecule has 1 aromatic heterocycles. The van der Waals surface area contributed by atoms with Gasteiger partial charge in [0.25, 0.3) is 0 Å². The van der Waals surface area contributed by atoms with Gasteiger partial charge in [-0.1, -0.05) is 24.3 Å². The lowest BCUT2D eigenvalue weighted by atomic mass is 10.1. The Balaban J connectivity index is 1.45. The molecular formula is C23H25N5O2. The van der Waals surface area contributed by atoms with Gasteiger partial charge in [-0.25, -0.2) is 9.97 Å². The van der Waals surface area contributed by atoms with Gasteiger partial charge in [0.05, 0.1) is 18.9 Å². The van der Waals surface area contributed by atoms with Gasteiger partial charge in [-0.3, -0.25) is 9.69 Å². The highest BCUT2D eigenvalue weighted by Crippen LogP contribution is 2.22. The van der Waals surface area contributed by atoms with Crippen molar-refractivity contribution >= 4 is 23.2 Å². The summed E-state index contributed by atoms with van der Waals surface area (Å²) in [5, 5.41) is 6.07. The van der Waals surface area contributed by atoms with E-state index in [0.717, 1.165) is 55.5 Å². The predicted molar refractivity (Wildman–Crippen MR) is 118 cm³/mol. The summed E-state index contributed by atoms with van der Waals surface area (Å²) in [5.74, 6) is 0.453. The molecule has 2 aromatic carbocycles. The van der Waals surface area contributed by atoms with Crippen LogP contribution in [-0.4, -0.2) is 47.1 Å². The Morgan fingerprint density at radius 3 is 2.63 bits per heavy atom. The zero-order valence-electron chi connectivity index (χ0n) is 17.0. The number of carbonyl (C=O) groups excluding carboxylic acids is 1. The minimum atomic E-state index is -0.0906. The van der Waals surface area contributed by atoms with E-state index in [9.17, 15) is 4.79 Å². The molecular weight excluding hydrogens is 378 g/mol. The number of benzene rings is 2. The van der Waals surface area contributed by atoms with Crippen LogP contribution in [0.4, 0.5) is 17.3 Å². The van der Waals surface area contributed by atoms with Crippen LogP contribution in [0.1, 0.15) is 12.5 Å². The molecule has 0 spiro atoms. The Kier molecular flexibility index (Phi) is 6.32. The number of nitrogens with one attached hydrogen (secondary N) is 2. The largest absolute Gasteiger partial charge is 0.379 e. The van der Waals surface area contributed by atoms with Gasteiger partial charge in [-0.15, -0.1) is 0 Å². The molecule has 1 aliphatic heterocycles. The highest BCUT2D eigenvalue weighted by atomic mass is 16.5. The van der Waals surface area contributed by atoms with Crippen molar-refractivity contribution in [3.63, 3.8) is 0 Å². The standard InChI is InChI=1S/C23H25N5O2/c1-17(29)25-20-7-5-19(6-8-20)22-9-10-24-23(27-22)26-21-4-2-3-18(15-21)16-28-11-13-30-14-12-28/h2-10,15H,11-14,16H2,1H3,(H,25,29)(H,24,26,27). The molecule has 3 aromatic rings. The number of carbonyl (C=O) groups is 1. The third-order valence-corrected chi connectivity index (χ3v) is 4.85. The molecule has 30 heavy (non-hydrogen) atoms. The first kappa shape index (κ1) is 20.0. The molecule has 4 rings (SSSR count). The van der Waals surface area contributed by atoms with Crippen molar-refractivity contribution in [1.82, 2.24) is 14.9 Å². The Morgan fingerprint density at radius 1 is 1.07 bits per heavy atom. The van der Waals surface area contributed by atoms with E-state index >= 15 is 0 Å². The van der Waals surface area contributed by atoms with Crippen LogP contribution in [0.5, 0.6) is 0 Å². The quantitative estimate of drug-likeness (QED) is 0.654. The zero-order valence-corrected chi connectivity index (χ0v) is 17.0. The summed E-state index contributed by atoms with van der Waals surface area (Å²) in [6, 6.07) is 17.8. The number of aromatic nitrogens is 2. The topological polar surface area (TPSA) is 79.4 Å². The maximum atomic E-state index is 11.2. The molecule has 0 aliphatic carbocycles. The van der Waals surface area contributed by atoms with Crippen LogP contribution < -0.4 is 10.6 Å². The first-order valence-electron chi connectivity index (χ1n) is 10.0. The maximum absolute atomic E-state index is 11.2. The van der Waals surface area contributed by atoms with Crippen molar-refractivity contribution in [2.75, 3.05) is 36.9 Å². The second kappa shape index (κ2) is 9.47. The molecule has 0 bridgehead atoms. The Labute approximate surface area is 176 Å². The summed E-state index contributed by atoms with van der Waals surface area (Å²) in [5.41, 5.74) is 4.73. The fourth-order valence-corrected chi connectivity index (χ4v) is 3.40. The number of morpholine rings is 1. The van der Waals surface area contributed by atoms with Gasteiger partial charge in [0.2, 0.25) is 11.9 Å². The van der Waals surface area contributed by atoms with E-state index in [1.165, 1.54) is 12.5 Å². The summed E-state index contributed by atoms with van der Waals surface area (Å²) in [7, 11) is 0. The van der Waals surface area contributed by atoms with Gasteiger partial charge >= 0.3 is 0 Å². The molecule has 1 saturated heterocycles. The molecule has 1 fully saturated rings. The second-order valence-corrected chi connectivity index (χ2v) is 7.24. The Hall–Kier alpha value is -3.29. The number of amides is 1. The zero-order chi connectivity index (χ0) is 20.8. The monoisotopic (exact) mass is 403 g/mol. The van der Waals surface area contributed by atoms with E-state index < -0.39 is 0 Å². The molecule has 0 unspecified atom stereocenters. The van der Waals surface area contributed by atoms with Crippen molar-refractivity contribution in [2.24, 2.45) is 0 Å². The van der Waals surface area contributed by atoms with Crippen LogP contribution in [0.2, 0.25) is 0 Å². The van der Waals surface area contributed by atoms with Crippen LogP contribution in [0, 0.1) is 0 Å². The van der Waals surface area contributed by atoms with Gasteiger partial charge < -0.3 is 15.4 Å². The van der Waals surface area contributed by atoms with E-state index in [4.69, 9.17) is 4.74 Å². The number of ether oxygens (including phenoxy) is 1. The van der Waals surface area contributed by atoms with E-state index in [-0.39, 0.29) is 5.91 Å². The highest BCUT2D eigenvalue weighted by molar-refractivity contribution is 5.88. The molecule has 0 atom stereocenters. The summed E-state index contributed by atoms with van der Waals surface area (Å²) in [4.78, 5) is 22.6. The van der Waals surface area contributed by atoms with Gasteiger partial charge in [-0.05, 0) is 35.9 Å². The smallest absolute Gasteiger partial charge is 0.227 e. The predicted octanol–water partition coefficient (Wildman–Crippen LogP) is 3.68. The first-order chi connectivity index (χ1) is 14.7. The Morgan fingerprint density at radius 2 is 1.87 bits per heavy atom. The van der Waals surface area contributed by atoms with Crippen LogP contribution >= 0.6 is 0 Å². The first-order valence-corrected chi connectivity index (χ1v) is 10.0. The van der Waals surface area contributed by atoms with Crippen molar-refractivity contribution in [2.45, 2.75) is 13.5 Å². The lowest BCUT2D eigenvalue weighted by molar-refractivity contribution is -0.114. The molecule has 2 heterocycles. The third-order valence-electron chi connectivity index (χ3n) is 4.85. The van der Waals surface area contributed by atoms with E-state index in [1.54, 1.807) is 6.20 Å². The lowest BCUT2D eigenvalue weighted by Gasteiger charge is -2.26. The van der Waals surface area contributed by atoms with E-state index in [0.29, 0.717) is 5.95 Å². The molecule has 0 radical (unpaired) electrons. The van der Waals surface area contributed by atoms with E-state index in [2.05, 4.69) is 37.6 Å². The summed E-state index contributed by atoms with van der Waals surface area (Å²) in [6.45, 7) is 5.91. The van der Waals surface area contributed by atoms with Gasteiger partial charge in [0, 0.05) is 49.7 Å². The van der Waals surface area contributed by atoms with Gasteiger partial charge in [-0.2, -0.15) is 0 Å². The third kappa shape index (κ3) is 5.40. The summed E-state index contributed by atoms with van der Waals surface area (Å²) >= 11 is 0. The maximum Gasteiger partial charge on any atom is 0.227 e. The van der Waals surface area contributed by atoms with Crippen molar-refractivity contribution in [1.29, 1.82) is 0 Å². The number of rotatable bonds is 6. The number of hydrogen-bond acceptors (Lipinski definition) is 6. The van der Waals surface area contributed by atoms with Crippen molar-refractivity contribution in [3.05, 3.63) is 66.4 Å². The minimum Gasteiger partial charge on any atom is -0.379 e. The van der Waals surface area contributed by atoms with E-state index in [1.807, 2.05) is 42.5 Å². The SMILES string of the molecule is CC(=O)Nc1ccc(-c2ccnc(Nc3cccc(CN4CCOCC4)c3)n2)cc1. The second-order valence-electron chi connectivity index (χ2n) is 7.24. The van der Waals surface area contributed by atoms with Crippen LogP contribution in [0.15, 0.2) is 60.8 Å². The minimum absolute atomic E-state index is 0.0906. The average molecular weight is 403 g/mol. The Bertz CT molecular complexity index is 1000. The summed E-state index contributed by atoms with van der Waals surface area (Å²) < 4.78 is 5.42. The fourth-order valence-electron chi connectivity index (χ4n) is 3.40. The molecule has 154 valence electrons. The van der Waals surface area contributed by atoms with Crippen molar-refractivity contribution < 1.29 is 9.53 Å². The molecule has 1 aliphatic rings. The molecule has 1 amide bonds. The van der Waals surface area contributed by atoms with Gasteiger partial charge in [0.1, 0.15) is 0 Å². The van der Waals surface area contributed by atoms with Crippen LogP contribution in [-0.2, 0) is 16.1 Å². The lowest BCUT2D eigenvalue weighted by Crippen LogP contribution is -2.35. The summed E-state index contributed by atoms with van der Waals surface area (Å²) in [6.07, 6.45) is 1.74. The fraction of sp³-hybridized carbons (Fsp3) is 0.261. The normalized spacial score (nSPS) is 14.3. The highest BCUT2D eigenvalue weighted by Gasteiger charge is 2.11. The molecule has 7 heteroatoms. The van der Waals surface area contributed by atoms with Crippen molar-refractivity contribution in [3.8, 4) is 11.3 Å². The molecule has 2 N–H and O–H groups in total. The number of nitrogens with zero attached hydrogens (tertiary/aromatic N) is 3. The number of hydrogen-bond donors (Lipinski definition) is 2. The average Bonchev–Trinajstić information content (AvgIpc) is 2.75. The van der Waals surface area contributed by atoms with Crippen LogP contribution in [0.3, 0.4) is 0 Å². The van der Waals surface area contributed by atoms with Gasteiger partial charge in [0.15, 0.2) is 0 Å². The van der Waals surface area contributed by atoms with Crippen LogP contribution in [0.25, 0.3) is 11.3 Å².